The molecule has 0 bridgehead atoms. The quantitative estimate of drug-likeness (QED) is 0.708. The van der Waals surface area contributed by atoms with E-state index in [1.807, 2.05) is 36.4 Å². The van der Waals surface area contributed by atoms with Gasteiger partial charge in [-0.1, -0.05) is 60.7 Å². The van der Waals surface area contributed by atoms with E-state index in [0.717, 1.165) is 22.3 Å². The van der Waals surface area contributed by atoms with E-state index in [2.05, 4.69) is 17.4 Å². The Morgan fingerprint density at radius 3 is 2.22 bits per heavy atom. The maximum atomic E-state index is 14.1. The largest absolute Gasteiger partial charge is 0.448 e. The van der Waals surface area contributed by atoms with Crippen LogP contribution in [0.25, 0.3) is 11.1 Å². The first kappa shape index (κ1) is 17.2. The predicted octanol–water partition coefficient (Wildman–Crippen LogP) is 4.68. The highest BCUT2D eigenvalue weighted by atomic mass is 19.1. The van der Waals surface area contributed by atoms with Crippen LogP contribution in [0.1, 0.15) is 22.6 Å². The van der Waals surface area contributed by atoms with Gasteiger partial charge in [0.1, 0.15) is 6.61 Å². The van der Waals surface area contributed by atoms with Crippen molar-refractivity contribution in [1.29, 1.82) is 0 Å². The summed E-state index contributed by atoms with van der Waals surface area (Å²) in [7, 11) is 0. The molecule has 3 aromatic rings. The summed E-state index contributed by atoms with van der Waals surface area (Å²) in [5, 5.41) is 11.5. The highest BCUT2D eigenvalue weighted by Crippen LogP contribution is 2.44. The maximum Gasteiger partial charge on any atom is 0.411 e. The molecule has 136 valence electrons. The number of carbonyl (C=O) groups is 1. The van der Waals surface area contributed by atoms with Crippen molar-refractivity contribution in [2.45, 2.75) is 12.5 Å². The average molecular weight is 363 g/mol. The van der Waals surface area contributed by atoms with Gasteiger partial charge in [0.25, 0.3) is 0 Å². The van der Waals surface area contributed by atoms with Gasteiger partial charge >= 0.3 is 6.09 Å². The number of aliphatic hydroxyl groups is 1. The lowest BCUT2D eigenvalue weighted by molar-refractivity contribution is 0.158. The van der Waals surface area contributed by atoms with Crippen molar-refractivity contribution >= 4 is 11.8 Å². The number of benzene rings is 3. The number of halogens is 1. The molecule has 0 aromatic heterocycles. The second kappa shape index (κ2) is 7.21. The van der Waals surface area contributed by atoms with Gasteiger partial charge in [0.15, 0.2) is 5.82 Å². The van der Waals surface area contributed by atoms with Crippen LogP contribution in [-0.4, -0.2) is 17.8 Å². The molecule has 0 radical (unpaired) electrons. The normalized spacial score (nSPS) is 12.4. The molecule has 1 aliphatic rings. The van der Waals surface area contributed by atoms with Crippen LogP contribution in [0.5, 0.6) is 0 Å². The Hall–Kier alpha value is -3.18. The summed E-state index contributed by atoms with van der Waals surface area (Å²) in [5.41, 5.74) is 4.61. The molecule has 0 fully saturated rings. The van der Waals surface area contributed by atoms with Gasteiger partial charge in [-0.3, -0.25) is 5.32 Å². The second-order valence-electron chi connectivity index (χ2n) is 6.39. The summed E-state index contributed by atoms with van der Waals surface area (Å²) in [5.74, 6) is -0.717. The standard InChI is InChI=1S/C22H18FNO3/c23-21-14(12-25)6-5-11-20(21)24-22(26)27-13-19-17-9-3-1-7-15(17)16-8-2-4-10-18(16)19/h1-11,19,25H,12-13H2,(H,24,26). The Morgan fingerprint density at radius 2 is 1.59 bits per heavy atom. The molecule has 1 amide bonds. The van der Waals surface area contributed by atoms with Crippen molar-refractivity contribution in [2.24, 2.45) is 0 Å². The summed E-state index contributed by atoms with van der Waals surface area (Å²) in [6.45, 7) is -0.285. The third-order valence-corrected chi connectivity index (χ3v) is 4.83. The van der Waals surface area contributed by atoms with E-state index in [9.17, 15) is 9.18 Å². The molecule has 4 nitrogen and oxygen atoms in total. The molecule has 3 aromatic carbocycles. The fourth-order valence-electron chi connectivity index (χ4n) is 3.54. The van der Waals surface area contributed by atoms with Crippen LogP contribution in [-0.2, 0) is 11.3 Å². The van der Waals surface area contributed by atoms with E-state index in [4.69, 9.17) is 9.84 Å². The number of rotatable bonds is 4. The molecule has 0 spiro atoms. The first-order valence-corrected chi connectivity index (χ1v) is 8.69. The highest BCUT2D eigenvalue weighted by molar-refractivity contribution is 5.85. The molecule has 27 heavy (non-hydrogen) atoms. The molecular formula is C22H18FNO3. The Morgan fingerprint density at radius 1 is 0.963 bits per heavy atom. The molecular weight excluding hydrogens is 345 g/mol. The summed E-state index contributed by atoms with van der Waals surface area (Å²) < 4.78 is 19.5. The molecule has 0 saturated heterocycles. The van der Waals surface area contributed by atoms with Crippen molar-refractivity contribution in [2.75, 3.05) is 11.9 Å². The van der Waals surface area contributed by atoms with Gasteiger partial charge in [-0.2, -0.15) is 0 Å². The smallest absolute Gasteiger partial charge is 0.411 e. The predicted molar refractivity (Wildman–Crippen MR) is 101 cm³/mol. The molecule has 1 aliphatic carbocycles. The average Bonchev–Trinajstić information content (AvgIpc) is 3.02. The number of nitrogens with one attached hydrogen (secondary N) is 1. The van der Waals surface area contributed by atoms with Crippen LogP contribution in [0.4, 0.5) is 14.9 Å². The van der Waals surface area contributed by atoms with Gasteiger partial charge < -0.3 is 9.84 Å². The van der Waals surface area contributed by atoms with E-state index in [1.165, 1.54) is 12.1 Å². The van der Waals surface area contributed by atoms with Gasteiger partial charge in [-0.15, -0.1) is 0 Å². The molecule has 0 unspecified atom stereocenters. The minimum absolute atomic E-state index is 0.0150. The third-order valence-electron chi connectivity index (χ3n) is 4.83. The van der Waals surface area contributed by atoms with Crippen molar-refractivity contribution in [3.05, 3.63) is 89.2 Å². The zero-order valence-corrected chi connectivity index (χ0v) is 14.5. The fourth-order valence-corrected chi connectivity index (χ4v) is 3.54. The van der Waals surface area contributed by atoms with Crippen LogP contribution >= 0.6 is 0 Å². The molecule has 0 atom stereocenters. The van der Waals surface area contributed by atoms with Crippen LogP contribution in [0.2, 0.25) is 0 Å². The summed E-state index contributed by atoms with van der Waals surface area (Å²) in [4.78, 5) is 12.2. The van der Waals surface area contributed by atoms with Crippen LogP contribution < -0.4 is 5.32 Å². The minimum Gasteiger partial charge on any atom is -0.448 e. The summed E-state index contributed by atoms with van der Waals surface area (Å²) >= 11 is 0. The number of anilines is 1. The monoisotopic (exact) mass is 363 g/mol. The Kier molecular flexibility index (Phi) is 4.60. The number of hydrogen-bond acceptors (Lipinski definition) is 3. The zero-order valence-electron chi connectivity index (χ0n) is 14.5. The summed E-state index contributed by atoms with van der Waals surface area (Å²) in [6.07, 6.45) is -0.731. The zero-order chi connectivity index (χ0) is 18.8. The number of fused-ring (bicyclic) bond motifs is 3. The first-order valence-electron chi connectivity index (χ1n) is 8.69. The van der Waals surface area contributed by atoms with Gasteiger partial charge in [0.2, 0.25) is 0 Å². The number of ether oxygens (including phenoxy) is 1. The van der Waals surface area contributed by atoms with E-state index < -0.39 is 18.5 Å². The molecule has 0 aliphatic heterocycles. The molecule has 4 rings (SSSR count). The minimum atomic E-state index is -0.731. The maximum absolute atomic E-state index is 14.1. The topological polar surface area (TPSA) is 58.6 Å². The van der Waals surface area contributed by atoms with Crippen LogP contribution in [0.15, 0.2) is 66.7 Å². The number of carbonyl (C=O) groups excluding carboxylic acids is 1. The van der Waals surface area contributed by atoms with Crippen LogP contribution in [0, 0.1) is 5.82 Å². The molecule has 0 heterocycles. The SMILES string of the molecule is O=C(Nc1cccc(CO)c1F)OCC1c2ccccc2-c2ccccc21. The van der Waals surface area contributed by atoms with E-state index in [1.54, 1.807) is 6.07 Å². The number of aliphatic hydroxyl groups excluding tert-OH is 1. The number of hydrogen-bond donors (Lipinski definition) is 2. The molecule has 2 N–H and O–H groups in total. The van der Waals surface area contributed by atoms with Crippen molar-refractivity contribution in [3.63, 3.8) is 0 Å². The molecule has 0 saturated carbocycles. The van der Waals surface area contributed by atoms with E-state index >= 15 is 0 Å². The lowest BCUT2D eigenvalue weighted by Crippen LogP contribution is -2.18. The summed E-state index contributed by atoms with van der Waals surface area (Å²) in [6, 6.07) is 20.5. The van der Waals surface area contributed by atoms with Crippen molar-refractivity contribution in [1.82, 2.24) is 0 Å². The first-order chi connectivity index (χ1) is 13.2. The van der Waals surface area contributed by atoms with Gasteiger partial charge in [-0.05, 0) is 28.3 Å². The Balaban J connectivity index is 1.50. The fraction of sp³-hybridized carbons (Fsp3) is 0.136. The Labute approximate surface area is 156 Å². The lowest BCUT2D eigenvalue weighted by atomic mass is 9.98. The van der Waals surface area contributed by atoms with Crippen molar-refractivity contribution < 1.29 is 19.0 Å². The van der Waals surface area contributed by atoms with Gasteiger partial charge in [0.05, 0.1) is 12.3 Å². The van der Waals surface area contributed by atoms with E-state index in [0.29, 0.717) is 0 Å². The molecule has 5 heteroatoms. The lowest BCUT2D eigenvalue weighted by Gasteiger charge is -2.15. The Bertz CT molecular complexity index is 957. The van der Waals surface area contributed by atoms with E-state index in [-0.39, 0.29) is 23.8 Å². The second-order valence-corrected chi connectivity index (χ2v) is 6.39. The van der Waals surface area contributed by atoms with Crippen molar-refractivity contribution in [3.8, 4) is 11.1 Å². The number of amides is 1. The van der Waals surface area contributed by atoms with Gasteiger partial charge in [0, 0.05) is 11.5 Å². The third kappa shape index (κ3) is 3.17. The van der Waals surface area contributed by atoms with Gasteiger partial charge in [-0.25, -0.2) is 9.18 Å². The van der Waals surface area contributed by atoms with Crippen LogP contribution in [0.3, 0.4) is 0 Å². The highest BCUT2D eigenvalue weighted by Gasteiger charge is 2.29.